The van der Waals surface area contributed by atoms with Crippen LogP contribution < -0.4 is 0 Å². The van der Waals surface area contributed by atoms with Crippen LogP contribution in [-0.2, 0) is 11.3 Å². The molecule has 1 aliphatic rings. The van der Waals surface area contributed by atoms with Gasteiger partial charge in [-0.25, -0.2) is 4.98 Å². The number of likely N-dealkylation sites (N-methyl/N-ethyl adjacent to an activating group) is 1. The van der Waals surface area contributed by atoms with E-state index in [9.17, 15) is 4.79 Å². The average molecular weight is 283 g/mol. The van der Waals surface area contributed by atoms with Gasteiger partial charge in [0.1, 0.15) is 0 Å². The fourth-order valence-corrected chi connectivity index (χ4v) is 2.97. The van der Waals surface area contributed by atoms with Gasteiger partial charge in [-0.05, 0) is 26.3 Å². The lowest BCUT2D eigenvalue weighted by Crippen LogP contribution is -2.29. The molecule has 1 aromatic heterocycles. The maximum atomic E-state index is 10.6. The quantitative estimate of drug-likeness (QED) is 0.738. The molecule has 0 unspecified atom stereocenters. The Morgan fingerprint density at radius 1 is 1.63 bits per heavy atom. The van der Waals surface area contributed by atoms with Crippen LogP contribution in [0.1, 0.15) is 25.5 Å². The van der Waals surface area contributed by atoms with Crippen molar-refractivity contribution in [1.29, 1.82) is 0 Å². The lowest BCUT2D eigenvalue weighted by Gasteiger charge is -2.20. The average Bonchev–Trinajstić information content (AvgIpc) is 3.12. The van der Waals surface area contributed by atoms with Crippen molar-refractivity contribution in [1.82, 2.24) is 14.5 Å². The van der Waals surface area contributed by atoms with Crippen molar-refractivity contribution in [2.75, 3.05) is 18.8 Å². The van der Waals surface area contributed by atoms with E-state index in [0.29, 0.717) is 0 Å². The van der Waals surface area contributed by atoms with E-state index in [4.69, 9.17) is 5.11 Å². The number of aryl methyl sites for hydroxylation is 1. The molecule has 1 aromatic rings. The first-order valence-corrected chi connectivity index (χ1v) is 7.71. The van der Waals surface area contributed by atoms with Gasteiger partial charge in [0, 0.05) is 25.3 Å². The van der Waals surface area contributed by atoms with Crippen LogP contribution in [0.2, 0.25) is 0 Å². The molecule has 0 spiro atoms. The molecular weight excluding hydrogens is 262 g/mol. The van der Waals surface area contributed by atoms with Crippen LogP contribution in [0.3, 0.4) is 0 Å². The van der Waals surface area contributed by atoms with Crippen molar-refractivity contribution in [2.24, 2.45) is 0 Å². The Hall–Kier alpha value is -1.01. The summed E-state index contributed by atoms with van der Waals surface area (Å²) in [6, 6.07) is 0.768. The van der Waals surface area contributed by atoms with Crippen molar-refractivity contribution in [2.45, 2.75) is 44.4 Å². The van der Waals surface area contributed by atoms with Gasteiger partial charge in [0.15, 0.2) is 5.16 Å². The summed E-state index contributed by atoms with van der Waals surface area (Å²) in [5.41, 5.74) is 0.947. The summed E-state index contributed by atoms with van der Waals surface area (Å²) < 4.78 is 2.08. The second kappa shape index (κ2) is 6.43. The van der Waals surface area contributed by atoms with Gasteiger partial charge in [0.05, 0.1) is 11.4 Å². The van der Waals surface area contributed by atoms with E-state index in [2.05, 4.69) is 21.4 Å². The Morgan fingerprint density at radius 3 is 2.95 bits per heavy atom. The highest BCUT2D eigenvalue weighted by atomic mass is 32.2. The lowest BCUT2D eigenvalue weighted by molar-refractivity contribution is -0.133. The lowest BCUT2D eigenvalue weighted by atomic mass is 10.4. The summed E-state index contributed by atoms with van der Waals surface area (Å²) in [6.45, 7) is 7.11. The van der Waals surface area contributed by atoms with Crippen LogP contribution in [0.25, 0.3) is 0 Å². The molecule has 0 bridgehead atoms. The highest BCUT2D eigenvalue weighted by Gasteiger charge is 2.27. The number of aliphatic carboxylic acids is 1. The minimum atomic E-state index is -0.801. The first-order chi connectivity index (χ1) is 9.10. The summed E-state index contributed by atoms with van der Waals surface area (Å²) in [5.74, 6) is -0.735. The van der Waals surface area contributed by atoms with E-state index < -0.39 is 5.97 Å². The maximum Gasteiger partial charge on any atom is 0.313 e. The molecule has 0 radical (unpaired) electrons. The van der Waals surface area contributed by atoms with Crippen molar-refractivity contribution < 1.29 is 9.90 Å². The first-order valence-electron chi connectivity index (χ1n) is 6.72. The van der Waals surface area contributed by atoms with Crippen LogP contribution in [-0.4, -0.2) is 50.4 Å². The molecule has 0 atom stereocenters. The Bertz CT molecular complexity index is 443. The maximum absolute atomic E-state index is 10.6. The van der Waals surface area contributed by atoms with Gasteiger partial charge in [0.25, 0.3) is 0 Å². The Labute approximate surface area is 118 Å². The van der Waals surface area contributed by atoms with E-state index in [-0.39, 0.29) is 5.75 Å². The molecule has 6 heteroatoms. The Balaban J connectivity index is 1.92. The molecule has 5 nitrogen and oxygen atoms in total. The highest BCUT2D eigenvalue weighted by Crippen LogP contribution is 2.26. The summed E-state index contributed by atoms with van der Waals surface area (Å²) in [5, 5.41) is 9.56. The second-order valence-electron chi connectivity index (χ2n) is 4.90. The topological polar surface area (TPSA) is 58.4 Å². The number of hydrogen-bond acceptors (Lipinski definition) is 4. The van der Waals surface area contributed by atoms with Crippen LogP contribution in [0.5, 0.6) is 0 Å². The molecule has 1 aliphatic carbocycles. The molecule has 1 N–H and O–H groups in total. The van der Waals surface area contributed by atoms with Gasteiger partial charge in [0.2, 0.25) is 0 Å². The van der Waals surface area contributed by atoms with E-state index in [1.165, 1.54) is 24.6 Å². The molecule has 106 valence electrons. The van der Waals surface area contributed by atoms with Crippen LogP contribution in [0, 0.1) is 6.92 Å². The van der Waals surface area contributed by atoms with Crippen molar-refractivity contribution >= 4 is 17.7 Å². The third-order valence-corrected chi connectivity index (χ3v) is 4.26. The molecular formula is C13H21N3O2S. The summed E-state index contributed by atoms with van der Waals surface area (Å²) in [6.07, 6.45) is 4.64. The van der Waals surface area contributed by atoms with Crippen molar-refractivity contribution in [3.63, 3.8) is 0 Å². The summed E-state index contributed by atoms with van der Waals surface area (Å²) in [4.78, 5) is 17.5. The number of aromatic nitrogens is 2. The van der Waals surface area contributed by atoms with Gasteiger partial charge in [-0.1, -0.05) is 18.7 Å². The summed E-state index contributed by atoms with van der Waals surface area (Å²) >= 11 is 1.29. The van der Waals surface area contributed by atoms with Gasteiger partial charge < -0.3 is 9.67 Å². The number of imidazole rings is 1. The van der Waals surface area contributed by atoms with E-state index in [1.54, 1.807) is 0 Å². The molecule has 0 saturated heterocycles. The monoisotopic (exact) mass is 283 g/mol. The number of rotatable bonds is 8. The van der Waals surface area contributed by atoms with Crippen LogP contribution in [0.4, 0.5) is 0 Å². The number of thioether (sulfide) groups is 1. The molecule has 0 aliphatic heterocycles. The standard InChI is InChI=1S/C13H21N3O2S/c1-3-15(11-4-5-11)6-7-16-8-10(2)14-13(16)19-9-12(17)18/h8,11H,3-7,9H2,1-2H3,(H,17,18). The molecule has 1 heterocycles. The van der Waals surface area contributed by atoms with Crippen molar-refractivity contribution in [3.05, 3.63) is 11.9 Å². The number of carboxylic acids is 1. The van der Waals surface area contributed by atoms with E-state index >= 15 is 0 Å². The minimum Gasteiger partial charge on any atom is -0.481 e. The number of nitrogens with zero attached hydrogens (tertiary/aromatic N) is 3. The fourth-order valence-electron chi connectivity index (χ4n) is 2.20. The van der Waals surface area contributed by atoms with E-state index in [1.807, 2.05) is 13.1 Å². The van der Waals surface area contributed by atoms with Gasteiger partial charge >= 0.3 is 5.97 Å². The normalized spacial score (nSPS) is 15.1. The number of carbonyl (C=O) groups is 1. The smallest absolute Gasteiger partial charge is 0.313 e. The predicted octanol–water partition coefficient (Wildman–Crippen LogP) is 1.85. The van der Waals surface area contributed by atoms with Crippen LogP contribution >= 0.6 is 11.8 Å². The predicted molar refractivity (Wildman–Crippen MR) is 75.6 cm³/mol. The third kappa shape index (κ3) is 4.24. The zero-order valence-corrected chi connectivity index (χ0v) is 12.3. The van der Waals surface area contributed by atoms with Crippen LogP contribution in [0.15, 0.2) is 11.4 Å². The second-order valence-corrected chi connectivity index (χ2v) is 5.84. The Kier molecular flexibility index (Phi) is 4.87. The van der Waals surface area contributed by atoms with Gasteiger partial charge in [-0.2, -0.15) is 0 Å². The SMILES string of the molecule is CCN(CCn1cc(C)nc1SCC(=O)O)C1CC1. The fraction of sp³-hybridized carbons (Fsp3) is 0.692. The Morgan fingerprint density at radius 2 is 2.37 bits per heavy atom. The zero-order chi connectivity index (χ0) is 13.8. The number of hydrogen-bond donors (Lipinski definition) is 1. The van der Waals surface area contributed by atoms with Crippen molar-refractivity contribution in [3.8, 4) is 0 Å². The molecule has 1 fully saturated rings. The highest BCUT2D eigenvalue weighted by molar-refractivity contribution is 7.99. The molecule has 0 aromatic carbocycles. The molecule has 1 saturated carbocycles. The van der Waals surface area contributed by atoms with Gasteiger partial charge in [-0.3, -0.25) is 9.69 Å². The number of carboxylic acid groups (broad SMARTS) is 1. The minimum absolute atomic E-state index is 0.0660. The molecule has 19 heavy (non-hydrogen) atoms. The zero-order valence-electron chi connectivity index (χ0n) is 11.5. The molecule has 0 amide bonds. The third-order valence-electron chi connectivity index (χ3n) is 3.28. The first kappa shape index (κ1) is 14.4. The van der Waals surface area contributed by atoms with E-state index in [0.717, 1.165) is 36.5 Å². The van der Waals surface area contributed by atoms with Gasteiger partial charge in [-0.15, -0.1) is 0 Å². The summed E-state index contributed by atoms with van der Waals surface area (Å²) in [7, 11) is 0. The molecule has 2 rings (SSSR count). The largest absolute Gasteiger partial charge is 0.481 e.